The largest absolute Gasteiger partial charge is 0.465 e. The number of methoxy groups -OCH3 is 1. The molecule has 1 rings (SSSR count). The van der Waals surface area contributed by atoms with Crippen LogP contribution in [0.5, 0.6) is 0 Å². The molecule has 98 valence electrons. The average Bonchev–Trinajstić information content (AvgIpc) is 2.35. The molecule has 1 aromatic rings. The van der Waals surface area contributed by atoms with Gasteiger partial charge in [-0.1, -0.05) is 12.1 Å². The number of rotatable bonds is 6. The number of hydrogen-bond acceptors (Lipinski definition) is 4. The van der Waals surface area contributed by atoms with Crippen LogP contribution in [-0.4, -0.2) is 29.6 Å². The van der Waals surface area contributed by atoms with E-state index in [4.69, 9.17) is 0 Å². The summed E-state index contributed by atoms with van der Waals surface area (Å²) in [6.07, 6.45) is 0. The van der Waals surface area contributed by atoms with Crippen molar-refractivity contribution in [3.05, 3.63) is 35.4 Å². The topological polar surface area (TPSA) is 72.5 Å². The fourth-order valence-electron chi connectivity index (χ4n) is 1.29. The van der Waals surface area contributed by atoms with E-state index in [-0.39, 0.29) is 18.1 Å². The van der Waals surface area contributed by atoms with Gasteiger partial charge in [0.05, 0.1) is 36.0 Å². The standard InChI is InChI=1S/C12H15NO4S/c1-9(14)7-13-18(16)8-10-4-3-5-11(6-10)12(15)17-2/h3-6,13H,7-8H2,1-2H3. The predicted octanol–water partition coefficient (Wildman–Crippen LogP) is 0.815. The van der Waals surface area contributed by atoms with Crippen LogP contribution < -0.4 is 4.72 Å². The molecule has 0 saturated heterocycles. The minimum Gasteiger partial charge on any atom is -0.465 e. The van der Waals surface area contributed by atoms with E-state index >= 15 is 0 Å². The van der Waals surface area contributed by atoms with Gasteiger partial charge in [0.25, 0.3) is 0 Å². The normalized spacial score (nSPS) is 11.9. The Morgan fingerprint density at radius 2 is 2.11 bits per heavy atom. The zero-order chi connectivity index (χ0) is 13.5. The van der Waals surface area contributed by atoms with Crippen molar-refractivity contribution in [3.63, 3.8) is 0 Å². The molecule has 1 N–H and O–H groups in total. The predicted molar refractivity (Wildman–Crippen MR) is 68.3 cm³/mol. The number of Topliss-reactive ketones (excluding diaryl/α,β-unsaturated/α-hetero) is 1. The monoisotopic (exact) mass is 269 g/mol. The van der Waals surface area contributed by atoms with Crippen LogP contribution in [0.25, 0.3) is 0 Å². The van der Waals surface area contributed by atoms with Gasteiger partial charge < -0.3 is 4.74 Å². The van der Waals surface area contributed by atoms with Gasteiger partial charge in [0.15, 0.2) is 0 Å². The lowest BCUT2D eigenvalue weighted by Gasteiger charge is -2.05. The number of carbonyl (C=O) groups excluding carboxylic acids is 2. The lowest BCUT2D eigenvalue weighted by molar-refractivity contribution is -0.115. The first-order valence-corrected chi connectivity index (χ1v) is 6.63. The Morgan fingerprint density at radius 1 is 1.39 bits per heavy atom. The van der Waals surface area contributed by atoms with Gasteiger partial charge >= 0.3 is 5.97 Å². The van der Waals surface area contributed by atoms with Crippen molar-refractivity contribution in [1.29, 1.82) is 0 Å². The smallest absolute Gasteiger partial charge is 0.337 e. The highest BCUT2D eigenvalue weighted by atomic mass is 32.2. The summed E-state index contributed by atoms with van der Waals surface area (Å²) < 4.78 is 18.8. The molecule has 18 heavy (non-hydrogen) atoms. The average molecular weight is 269 g/mol. The second kappa shape index (κ2) is 7.03. The minimum atomic E-state index is -1.34. The molecule has 1 atom stereocenters. The Labute approximate surface area is 108 Å². The second-order valence-electron chi connectivity index (χ2n) is 3.70. The first-order valence-electron chi connectivity index (χ1n) is 5.31. The van der Waals surface area contributed by atoms with Crippen molar-refractivity contribution in [2.75, 3.05) is 13.7 Å². The zero-order valence-corrected chi connectivity index (χ0v) is 11.1. The van der Waals surface area contributed by atoms with E-state index in [1.165, 1.54) is 14.0 Å². The third kappa shape index (κ3) is 4.77. The van der Waals surface area contributed by atoms with E-state index in [9.17, 15) is 13.8 Å². The van der Waals surface area contributed by atoms with E-state index in [1.807, 2.05) is 0 Å². The number of ether oxygens (including phenoxy) is 1. The van der Waals surface area contributed by atoms with Crippen molar-refractivity contribution >= 4 is 22.7 Å². The molecule has 0 fully saturated rings. The highest BCUT2D eigenvalue weighted by molar-refractivity contribution is 7.82. The van der Waals surface area contributed by atoms with E-state index < -0.39 is 17.0 Å². The van der Waals surface area contributed by atoms with Crippen LogP contribution in [0.4, 0.5) is 0 Å². The molecule has 0 aromatic heterocycles. The molecule has 0 saturated carbocycles. The molecule has 0 radical (unpaired) electrons. The first-order chi connectivity index (χ1) is 8.52. The molecule has 5 nitrogen and oxygen atoms in total. The molecule has 0 amide bonds. The van der Waals surface area contributed by atoms with Crippen LogP contribution in [0.3, 0.4) is 0 Å². The molecule has 0 aliphatic rings. The summed E-state index contributed by atoms with van der Waals surface area (Å²) in [5, 5.41) is 0. The van der Waals surface area contributed by atoms with E-state index in [1.54, 1.807) is 24.3 Å². The van der Waals surface area contributed by atoms with Gasteiger partial charge in [-0.3, -0.25) is 4.79 Å². The maximum atomic E-state index is 11.6. The van der Waals surface area contributed by atoms with Gasteiger partial charge in [0, 0.05) is 0 Å². The van der Waals surface area contributed by atoms with Gasteiger partial charge in [0.1, 0.15) is 5.78 Å². The Balaban J connectivity index is 2.64. The zero-order valence-electron chi connectivity index (χ0n) is 10.3. The maximum Gasteiger partial charge on any atom is 0.337 e. The molecular formula is C12H15NO4S. The molecule has 0 aliphatic heterocycles. The molecular weight excluding hydrogens is 254 g/mol. The fourth-order valence-corrected chi connectivity index (χ4v) is 2.24. The maximum absolute atomic E-state index is 11.6. The first kappa shape index (κ1) is 14.5. The third-order valence-electron chi connectivity index (χ3n) is 2.13. The summed E-state index contributed by atoms with van der Waals surface area (Å²) in [6, 6.07) is 6.71. The summed E-state index contributed by atoms with van der Waals surface area (Å²) in [5.74, 6) is -0.274. The number of nitrogens with one attached hydrogen (secondary N) is 1. The van der Waals surface area contributed by atoms with Crippen LogP contribution in [-0.2, 0) is 26.3 Å². The number of esters is 1. The van der Waals surface area contributed by atoms with Crippen LogP contribution in [0.15, 0.2) is 24.3 Å². The Hall–Kier alpha value is -1.53. The fraction of sp³-hybridized carbons (Fsp3) is 0.333. The van der Waals surface area contributed by atoms with Gasteiger partial charge in [-0.25, -0.2) is 13.7 Å². The number of benzene rings is 1. The van der Waals surface area contributed by atoms with Gasteiger partial charge in [-0.15, -0.1) is 0 Å². The molecule has 0 spiro atoms. The lowest BCUT2D eigenvalue weighted by atomic mass is 10.1. The van der Waals surface area contributed by atoms with E-state index in [0.717, 1.165) is 5.56 Å². The summed E-state index contributed by atoms with van der Waals surface area (Å²) >= 11 is 0. The van der Waals surface area contributed by atoms with Gasteiger partial charge in [0.2, 0.25) is 0 Å². The molecule has 1 unspecified atom stereocenters. The van der Waals surface area contributed by atoms with Crippen molar-refractivity contribution in [2.45, 2.75) is 12.7 Å². The summed E-state index contributed by atoms with van der Waals surface area (Å²) in [4.78, 5) is 22.0. The van der Waals surface area contributed by atoms with Crippen molar-refractivity contribution in [1.82, 2.24) is 4.72 Å². The summed E-state index contributed by atoms with van der Waals surface area (Å²) in [5.41, 5.74) is 1.16. The van der Waals surface area contributed by atoms with Gasteiger partial charge in [-0.05, 0) is 24.6 Å². The summed E-state index contributed by atoms with van der Waals surface area (Å²) in [6.45, 7) is 1.49. The Bertz CT molecular complexity index is 473. The van der Waals surface area contributed by atoms with Crippen LogP contribution >= 0.6 is 0 Å². The molecule has 1 aromatic carbocycles. The molecule has 6 heteroatoms. The second-order valence-corrected chi connectivity index (χ2v) is 4.97. The highest BCUT2D eigenvalue weighted by Crippen LogP contribution is 2.08. The van der Waals surface area contributed by atoms with Crippen molar-refractivity contribution in [3.8, 4) is 0 Å². The Morgan fingerprint density at radius 3 is 2.72 bits per heavy atom. The Kier molecular flexibility index (Phi) is 5.67. The van der Waals surface area contributed by atoms with E-state index in [2.05, 4.69) is 9.46 Å². The quantitative estimate of drug-likeness (QED) is 0.776. The van der Waals surface area contributed by atoms with Crippen molar-refractivity contribution in [2.24, 2.45) is 0 Å². The van der Waals surface area contributed by atoms with Crippen LogP contribution in [0.2, 0.25) is 0 Å². The minimum absolute atomic E-state index is 0.0727. The third-order valence-corrected chi connectivity index (χ3v) is 3.19. The van der Waals surface area contributed by atoms with Crippen LogP contribution in [0.1, 0.15) is 22.8 Å². The number of ketones is 1. The SMILES string of the molecule is COC(=O)c1cccc(CS(=O)NCC(C)=O)c1. The highest BCUT2D eigenvalue weighted by Gasteiger charge is 2.08. The lowest BCUT2D eigenvalue weighted by Crippen LogP contribution is -2.24. The molecule has 0 aliphatic carbocycles. The van der Waals surface area contributed by atoms with Gasteiger partial charge in [-0.2, -0.15) is 0 Å². The number of hydrogen-bond donors (Lipinski definition) is 1. The van der Waals surface area contributed by atoms with Crippen LogP contribution in [0, 0.1) is 0 Å². The van der Waals surface area contributed by atoms with E-state index in [0.29, 0.717) is 5.56 Å². The summed E-state index contributed by atoms with van der Waals surface area (Å²) in [7, 11) is -0.0309. The van der Waals surface area contributed by atoms with Crippen molar-refractivity contribution < 1.29 is 18.5 Å². The molecule has 0 bridgehead atoms. The number of carbonyl (C=O) groups is 2. The molecule has 0 heterocycles.